The Morgan fingerprint density at radius 2 is 0.662 bits per heavy atom. The molecule has 0 aromatic carbocycles. The SMILES string of the molecule is CC/C=C\C/C=C\C/C=C\CCCCCCCC(=O)OC(COCCCCCCCCCC/C=C\CCCCCCCC)COC(=O)CCCCCCCCCCCCCCCCCCCCC. The van der Waals surface area contributed by atoms with Gasteiger partial charge in [0.1, 0.15) is 6.61 Å². The second-order valence-electron chi connectivity index (χ2n) is 20.2. The zero-order chi connectivity index (χ0) is 49.2. The lowest BCUT2D eigenvalue weighted by molar-refractivity contribution is -0.163. The molecule has 1 atom stereocenters. The van der Waals surface area contributed by atoms with Crippen LogP contribution in [0.3, 0.4) is 0 Å². The number of allylic oxidation sites excluding steroid dienone is 8. The molecular weight excluding hydrogens is 837 g/mol. The Hall–Kier alpha value is -2.14. The molecule has 0 heterocycles. The van der Waals surface area contributed by atoms with E-state index in [4.69, 9.17) is 14.2 Å². The third-order valence-corrected chi connectivity index (χ3v) is 13.3. The first-order valence-corrected chi connectivity index (χ1v) is 30.2. The van der Waals surface area contributed by atoms with Crippen LogP contribution in [0.2, 0.25) is 0 Å². The normalized spacial score (nSPS) is 12.5. The molecule has 0 aliphatic heterocycles. The lowest BCUT2D eigenvalue weighted by atomic mass is 10.0. The van der Waals surface area contributed by atoms with Crippen molar-refractivity contribution in [3.63, 3.8) is 0 Å². The molecular formula is C63H116O5. The van der Waals surface area contributed by atoms with E-state index in [0.29, 0.717) is 19.4 Å². The molecule has 0 aliphatic rings. The Morgan fingerprint density at radius 3 is 1.07 bits per heavy atom. The molecule has 0 radical (unpaired) electrons. The molecule has 1 unspecified atom stereocenters. The van der Waals surface area contributed by atoms with Gasteiger partial charge in [-0.25, -0.2) is 0 Å². The minimum Gasteiger partial charge on any atom is -0.462 e. The molecule has 0 spiro atoms. The number of carbonyl (C=O) groups excluding carboxylic acids is 2. The summed E-state index contributed by atoms with van der Waals surface area (Å²) >= 11 is 0. The molecule has 0 bridgehead atoms. The smallest absolute Gasteiger partial charge is 0.306 e. The molecule has 0 N–H and O–H groups in total. The molecule has 0 aromatic rings. The first-order chi connectivity index (χ1) is 33.6. The van der Waals surface area contributed by atoms with Gasteiger partial charge in [0, 0.05) is 19.4 Å². The van der Waals surface area contributed by atoms with Crippen LogP contribution in [0.4, 0.5) is 0 Å². The minimum absolute atomic E-state index is 0.0812. The lowest BCUT2D eigenvalue weighted by Gasteiger charge is -2.18. The highest BCUT2D eigenvalue weighted by molar-refractivity contribution is 5.70. The van der Waals surface area contributed by atoms with Crippen molar-refractivity contribution in [1.29, 1.82) is 0 Å². The van der Waals surface area contributed by atoms with Gasteiger partial charge in [0.05, 0.1) is 6.61 Å². The highest BCUT2D eigenvalue weighted by Gasteiger charge is 2.17. The van der Waals surface area contributed by atoms with Crippen LogP contribution in [0.5, 0.6) is 0 Å². The van der Waals surface area contributed by atoms with E-state index in [1.54, 1.807) is 0 Å². The number of unbranched alkanes of at least 4 members (excludes halogenated alkanes) is 37. The van der Waals surface area contributed by atoms with Crippen LogP contribution in [0.25, 0.3) is 0 Å². The van der Waals surface area contributed by atoms with E-state index in [1.165, 1.54) is 212 Å². The Balaban J connectivity index is 4.24. The molecule has 5 heteroatoms. The third kappa shape index (κ3) is 56.4. The van der Waals surface area contributed by atoms with Gasteiger partial charge < -0.3 is 14.2 Å². The van der Waals surface area contributed by atoms with Crippen molar-refractivity contribution in [3.05, 3.63) is 48.6 Å². The van der Waals surface area contributed by atoms with Crippen LogP contribution < -0.4 is 0 Å². The second-order valence-corrected chi connectivity index (χ2v) is 20.2. The van der Waals surface area contributed by atoms with Crippen molar-refractivity contribution < 1.29 is 23.8 Å². The molecule has 0 rings (SSSR count). The summed E-state index contributed by atoms with van der Waals surface area (Å²) in [5, 5.41) is 0. The number of hydrogen-bond donors (Lipinski definition) is 0. The van der Waals surface area contributed by atoms with Gasteiger partial charge >= 0.3 is 11.9 Å². The topological polar surface area (TPSA) is 61.8 Å². The van der Waals surface area contributed by atoms with Crippen LogP contribution in [0, 0.1) is 0 Å². The molecule has 398 valence electrons. The van der Waals surface area contributed by atoms with Gasteiger partial charge in [-0.2, -0.15) is 0 Å². The van der Waals surface area contributed by atoms with Crippen LogP contribution in [-0.2, 0) is 23.8 Å². The highest BCUT2D eigenvalue weighted by Crippen LogP contribution is 2.17. The fraction of sp³-hybridized carbons (Fsp3) is 0.841. The van der Waals surface area contributed by atoms with Crippen molar-refractivity contribution in [2.45, 2.75) is 322 Å². The zero-order valence-electron chi connectivity index (χ0n) is 45.9. The second kappa shape index (κ2) is 59.2. The Kier molecular flexibility index (Phi) is 57.3. The molecule has 5 nitrogen and oxygen atoms in total. The van der Waals surface area contributed by atoms with E-state index < -0.39 is 6.10 Å². The summed E-state index contributed by atoms with van der Waals surface area (Å²) in [6.45, 7) is 7.75. The van der Waals surface area contributed by atoms with Gasteiger partial charge in [-0.3, -0.25) is 9.59 Å². The summed E-state index contributed by atoms with van der Waals surface area (Å²) in [5.41, 5.74) is 0. The summed E-state index contributed by atoms with van der Waals surface area (Å²) < 4.78 is 17.5. The predicted molar refractivity (Wildman–Crippen MR) is 298 cm³/mol. The van der Waals surface area contributed by atoms with Crippen molar-refractivity contribution >= 4 is 11.9 Å². The molecule has 0 aromatic heterocycles. The molecule has 68 heavy (non-hydrogen) atoms. The van der Waals surface area contributed by atoms with Gasteiger partial charge in [0.25, 0.3) is 0 Å². The third-order valence-electron chi connectivity index (χ3n) is 13.3. The summed E-state index contributed by atoms with van der Waals surface area (Å²) in [6, 6.07) is 0. The fourth-order valence-corrected chi connectivity index (χ4v) is 8.88. The number of esters is 2. The fourth-order valence-electron chi connectivity index (χ4n) is 8.88. The predicted octanol–water partition coefficient (Wildman–Crippen LogP) is 20.7. The van der Waals surface area contributed by atoms with E-state index in [-0.39, 0.29) is 25.2 Å². The van der Waals surface area contributed by atoms with Crippen molar-refractivity contribution in [1.82, 2.24) is 0 Å². The maximum Gasteiger partial charge on any atom is 0.306 e. The highest BCUT2D eigenvalue weighted by atomic mass is 16.6. The van der Waals surface area contributed by atoms with Gasteiger partial charge in [0.15, 0.2) is 6.10 Å². The van der Waals surface area contributed by atoms with Crippen LogP contribution in [0.15, 0.2) is 48.6 Å². The summed E-state index contributed by atoms with van der Waals surface area (Å²) in [6.07, 6.45) is 74.3. The number of ether oxygens (including phenoxy) is 3. The number of hydrogen-bond acceptors (Lipinski definition) is 5. The van der Waals surface area contributed by atoms with Gasteiger partial charge in [0.2, 0.25) is 0 Å². The standard InChI is InChI=1S/C63H116O5/c1-4-7-10-13-16-19-22-25-28-30-32-33-36-38-41-44-47-50-53-56-62(64)67-60-61(68-63(65)57-54-51-48-45-42-39-35-27-24-21-18-15-12-9-6-3)59-66-58-55-52-49-46-43-40-37-34-31-29-26-23-20-17-14-11-8-5-2/h9,12,18,21,26-27,29,35,61H,4-8,10-11,13-17,19-20,22-25,28,30-34,36-60H2,1-3H3/b12-9-,21-18-,29-26-,35-27-. The van der Waals surface area contributed by atoms with Crippen molar-refractivity contribution in [3.8, 4) is 0 Å². The summed E-state index contributed by atoms with van der Waals surface area (Å²) in [7, 11) is 0. The van der Waals surface area contributed by atoms with E-state index in [9.17, 15) is 9.59 Å². The van der Waals surface area contributed by atoms with E-state index >= 15 is 0 Å². The maximum absolute atomic E-state index is 12.9. The monoisotopic (exact) mass is 953 g/mol. The molecule has 0 fully saturated rings. The number of rotatable bonds is 56. The average molecular weight is 954 g/mol. The Morgan fingerprint density at radius 1 is 0.338 bits per heavy atom. The Labute approximate surface area is 424 Å². The average Bonchev–Trinajstić information content (AvgIpc) is 3.34. The van der Waals surface area contributed by atoms with E-state index in [2.05, 4.69) is 69.4 Å². The van der Waals surface area contributed by atoms with Gasteiger partial charge in [-0.05, 0) is 77.0 Å². The molecule has 0 saturated heterocycles. The van der Waals surface area contributed by atoms with Crippen molar-refractivity contribution in [2.75, 3.05) is 19.8 Å². The first-order valence-electron chi connectivity index (χ1n) is 30.2. The van der Waals surface area contributed by atoms with Gasteiger partial charge in [-0.1, -0.05) is 275 Å². The quantitative estimate of drug-likeness (QED) is 0.0345. The zero-order valence-corrected chi connectivity index (χ0v) is 45.9. The largest absolute Gasteiger partial charge is 0.462 e. The summed E-state index contributed by atoms with van der Waals surface area (Å²) in [5.74, 6) is -0.400. The Bertz CT molecular complexity index is 1120. The van der Waals surface area contributed by atoms with E-state index in [0.717, 1.165) is 70.6 Å². The molecule has 0 aliphatic carbocycles. The molecule has 0 saturated carbocycles. The molecule has 0 amide bonds. The maximum atomic E-state index is 12.9. The van der Waals surface area contributed by atoms with E-state index in [1.807, 2.05) is 0 Å². The van der Waals surface area contributed by atoms with Crippen LogP contribution >= 0.6 is 0 Å². The minimum atomic E-state index is -0.545. The number of carbonyl (C=O) groups is 2. The van der Waals surface area contributed by atoms with Crippen LogP contribution in [-0.4, -0.2) is 37.9 Å². The van der Waals surface area contributed by atoms with Gasteiger partial charge in [-0.15, -0.1) is 0 Å². The lowest BCUT2D eigenvalue weighted by Crippen LogP contribution is -2.30. The van der Waals surface area contributed by atoms with Crippen molar-refractivity contribution in [2.24, 2.45) is 0 Å². The summed E-state index contributed by atoms with van der Waals surface area (Å²) in [4.78, 5) is 25.5. The van der Waals surface area contributed by atoms with Crippen LogP contribution in [0.1, 0.15) is 316 Å². The first kappa shape index (κ1) is 65.9.